The first-order chi connectivity index (χ1) is 10.2. The largest absolute Gasteiger partial charge is 0.478 e. The van der Waals surface area contributed by atoms with E-state index in [-0.39, 0.29) is 21.2 Å². The summed E-state index contributed by atoms with van der Waals surface area (Å²) in [6, 6.07) is 9.66. The molecule has 0 aliphatic rings. The van der Waals surface area contributed by atoms with Crippen LogP contribution in [0.1, 0.15) is 10.4 Å². The lowest BCUT2D eigenvalue weighted by Crippen LogP contribution is -2.26. The van der Waals surface area contributed by atoms with Crippen LogP contribution in [-0.2, 0) is 10.0 Å². The van der Waals surface area contributed by atoms with E-state index in [0.717, 1.165) is 4.31 Å². The molecule has 0 heterocycles. The van der Waals surface area contributed by atoms with Crippen LogP contribution in [0.4, 0.5) is 5.69 Å². The molecule has 2 aromatic carbocycles. The van der Waals surface area contributed by atoms with E-state index in [1.165, 1.54) is 49.5 Å². The van der Waals surface area contributed by atoms with Crippen molar-refractivity contribution >= 4 is 44.9 Å². The van der Waals surface area contributed by atoms with Gasteiger partial charge in [0.15, 0.2) is 0 Å². The fourth-order valence-corrected chi connectivity index (χ4v) is 3.35. The molecule has 0 unspecified atom stereocenters. The molecule has 116 valence electrons. The van der Waals surface area contributed by atoms with Crippen molar-refractivity contribution in [2.24, 2.45) is 0 Å². The lowest BCUT2D eigenvalue weighted by atomic mass is 10.2. The summed E-state index contributed by atoms with van der Waals surface area (Å²) in [5.41, 5.74) is 0.160. The number of hydrogen-bond donors (Lipinski definition) is 1. The smallest absolute Gasteiger partial charge is 0.337 e. The van der Waals surface area contributed by atoms with Crippen molar-refractivity contribution < 1.29 is 18.3 Å². The van der Waals surface area contributed by atoms with Crippen molar-refractivity contribution in [3.63, 3.8) is 0 Å². The molecule has 0 amide bonds. The zero-order valence-corrected chi connectivity index (χ0v) is 13.7. The number of carbonyl (C=O) groups is 1. The van der Waals surface area contributed by atoms with Crippen LogP contribution in [-0.4, -0.2) is 26.5 Å². The molecule has 22 heavy (non-hydrogen) atoms. The highest BCUT2D eigenvalue weighted by Gasteiger charge is 2.22. The van der Waals surface area contributed by atoms with E-state index >= 15 is 0 Å². The molecule has 0 aliphatic carbocycles. The summed E-state index contributed by atoms with van der Waals surface area (Å²) in [5.74, 6) is -1.18. The molecule has 0 aliphatic heterocycles. The van der Waals surface area contributed by atoms with E-state index in [2.05, 4.69) is 0 Å². The van der Waals surface area contributed by atoms with Crippen LogP contribution < -0.4 is 4.31 Å². The van der Waals surface area contributed by atoms with E-state index < -0.39 is 16.0 Å². The zero-order chi connectivity index (χ0) is 16.5. The molecule has 1 N–H and O–H groups in total. The van der Waals surface area contributed by atoms with Gasteiger partial charge in [0.2, 0.25) is 0 Å². The molecular weight excluding hydrogens is 349 g/mol. The van der Waals surface area contributed by atoms with Gasteiger partial charge >= 0.3 is 5.97 Å². The normalized spacial score (nSPS) is 11.2. The fraction of sp³-hybridized carbons (Fsp3) is 0.0714. The summed E-state index contributed by atoms with van der Waals surface area (Å²) in [6.07, 6.45) is 0. The van der Waals surface area contributed by atoms with Crippen molar-refractivity contribution in [3.8, 4) is 0 Å². The topological polar surface area (TPSA) is 74.7 Å². The molecule has 8 heteroatoms. The van der Waals surface area contributed by atoms with E-state index in [4.69, 9.17) is 28.3 Å². The van der Waals surface area contributed by atoms with Gasteiger partial charge in [-0.05, 0) is 42.5 Å². The highest BCUT2D eigenvalue weighted by molar-refractivity contribution is 7.92. The lowest BCUT2D eigenvalue weighted by molar-refractivity contribution is 0.0697. The number of aromatic carboxylic acids is 1. The maximum Gasteiger partial charge on any atom is 0.337 e. The molecule has 5 nitrogen and oxygen atoms in total. The van der Waals surface area contributed by atoms with E-state index in [1.54, 1.807) is 0 Å². The third kappa shape index (κ3) is 3.19. The van der Waals surface area contributed by atoms with Crippen molar-refractivity contribution in [1.82, 2.24) is 0 Å². The first-order valence-electron chi connectivity index (χ1n) is 6.01. The number of carboxylic acids is 1. The molecule has 0 aromatic heterocycles. The number of sulfonamides is 1. The minimum Gasteiger partial charge on any atom is -0.478 e. The van der Waals surface area contributed by atoms with E-state index in [1.807, 2.05) is 0 Å². The van der Waals surface area contributed by atoms with Gasteiger partial charge in [-0.1, -0.05) is 23.2 Å². The predicted molar refractivity (Wildman–Crippen MR) is 85.5 cm³/mol. The number of carboxylic acid groups (broad SMARTS) is 1. The number of rotatable bonds is 4. The standard InChI is InChI=1S/C14H11Cl2NO4S/c1-17(10-4-7-12(14(18)19)13(16)8-10)22(20,21)11-5-2-9(15)3-6-11/h2-8H,1H3,(H,18,19). The number of benzene rings is 2. The van der Waals surface area contributed by atoms with Gasteiger partial charge in [-0.25, -0.2) is 13.2 Å². The van der Waals surface area contributed by atoms with Crippen molar-refractivity contribution in [3.05, 3.63) is 58.1 Å². The van der Waals surface area contributed by atoms with Gasteiger partial charge in [-0.2, -0.15) is 0 Å². The molecule has 0 saturated heterocycles. The summed E-state index contributed by atoms with van der Waals surface area (Å²) in [4.78, 5) is 11.0. The van der Waals surface area contributed by atoms with Crippen LogP contribution >= 0.6 is 23.2 Å². The van der Waals surface area contributed by atoms with Gasteiger partial charge < -0.3 is 5.11 Å². The fourth-order valence-electron chi connectivity index (χ4n) is 1.78. The quantitative estimate of drug-likeness (QED) is 0.905. The van der Waals surface area contributed by atoms with Crippen LogP contribution in [0.15, 0.2) is 47.4 Å². The minimum absolute atomic E-state index is 0.0387. The highest BCUT2D eigenvalue weighted by Crippen LogP contribution is 2.27. The Labute approximate surface area is 137 Å². The minimum atomic E-state index is -3.79. The van der Waals surface area contributed by atoms with Gasteiger partial charge in [0.25, 0.3) is 10.0 Å². The molecular formula is C14H11Cl2NO4S. The third-order valence-corrected chi connectivity index (χ3v) is 5.38. The van der Waals surface area contributed by atoms with Crippen molar-refractivity contribution in [2.75, 3.05) is 11.4 Å². The Bertz CT molecular complexity index is 819. The molecule has 0 atom stereocenters. The Balaban J connectivity index is 2.42. The van der Waals surface area contributed by atoms with Gasteiger partial charge in [0.05, 0.1) is 21.2 Å². The third-order valence-electron chi connectivity index (χ3n) is 3.02. The maximum absolute atomic E-state index is 12.5. The monoisotopic (exact) mass is 359 g/mol. The molecule has 2 aromatic rings. The zero-order valence-electron chi connectivity index (χ0n) is 11.3. The Morgan fingerprint density at radius 3 is 2.18 bits per heavy atom. The van der Waals surface area contributed by atoms with Gasteiger partial charge in [-0.15, -0.1) is 0 Å². The Hall–Kier alpha value is -1.76. The number of nitrogens with zero attached hydrogens (tertiary/aromatic N) is 1. The second-order valence-electron chi connectivity index (χ2n) is 4.40. The van der Waals surface area contributed by atoms with E-state index in [0.29, 0.717) is 5.02 Å². The Morgan fingerprint density at radius 2 is 1.68 bits per heavy atom. The van der Waals surface area contributed by atoms with Crippen LogP contribution in [0.3, 0.4) is 0 Å². The Morgan fingerprint density at radius 1 is 1.09 bits per heavy atom. The van der Waals surface area contributed by atoms with Gasteiger partial charge in [0, 0.05) is 12.1 Å². The molecule has 0 saturated carbocycles. The van der Waals surface area contributed by atoms with Gasteiger partial charge in [-0.3, -0.25) is 4.31 Å². The highest BCUT2D eigenvalue weighted by atomic mass is 35.5. The predicted octanol–water partition coefficient (Wildman–Crippen LogP) is 3.52. The molecule has 0 radical (unpaired) electrons. The summed E-state index contributed by atoms with van der Waals surface area (Å²) in [5, 5.41) is 9.32. The van der Waals surface area contributed by atoms with Crippen LogP contribution in [0, 0.1) is 0 Å². The molecule has 0 bridgehead atoms. The summed E-state index contributed by atoms with van der Waals surface area (Å²) >= 11 is 11.6. The molecule has 2 rings (SSSR count). The SMILES string of the molecule is CN(c1ccc(C(=O)O)c(Cl)c1)S(=O)(=O)c1ccc(Cl)cc1. The first-order valence-corrected chi connectivity index (χ1v) is 8.20. The molecule has 0 spiro atoms. The first kappa shape index (κ1) is 16.6. The number of anilines is 1. The average molecular weight is 360 g/mol. The Kier molecular flexibility index (Phi) is 4.65. The lowest BCUT2D eigenvalue weighted by Gasteiger charge is -2.20. The number of halogens is 2. The maximum atomic E-state index is 12.5. The molecule has 0 fully saturated rings. The van der Waals surface area contributed by atoms with Crippen LogP contribution in [0.2, 0.25) is 10.0 Å². The van der Waals surface area contributed by atoms with Gasteiger partial charge in [0.1, 0.15) is 0 Å². The van der Waals surface area contributed by atoms with E-state index in [9.17, 15) is 13.2 Å². The second-order valence-corrected chi connectivity index (χ2v) is 7.21. The average Bonchev–Trinajstić information content (AvgIpc) is 2.46. The van der Waals surface area contributed by atoms with Crippen molar-refractivity contribution in [1.29, 1.82) is 0 Å². The van der Waals surface area contributed by atoms with Crippen LogP contribution in [0.5, 0.6) is 0 Å². The summed E-state index contributed by atoms with van der Waals surface area (Å²) < 4.78 is 26.0. The summed E-state index contributed by atoms with van der Waals surface area (Å²) in [7, 11) is -2.43. The van der Waals surface area contributed by atoms with Crippen LogP contribution in [0.25, 0.3) is 0 Å². The second kappa shape index (κ2) is 6.16. The summed E-state index contributed by atoms with van der Waals surface area (Å²) in [6.45, 7) is 0. The number of hydrogen-bond acceptors (Lipinski definition) is 3. The van der Waals surface area contributed by atoms with Crippen molar-refractivity contribution in [2.45, 2.75) is 4.90 Å².